The summed E-state index contributed by atoms with van der Waals surface area (Å²) in [5.41, 5.74) is 5.30. The van der Waals surface area contributed by atoms with Gasteiger partial charge in [-0.25, -0.2) is 4.39 Å². The van der Waals surface area contributed by atoms with E-state index in [2.05, 4.69) is 26.6 Å². The van der Waals surface area contributed by atoms with Gasteiger partial charge in [0.1, 0.15) is 17.5 Å². The van der Waals surface area contributed by atoms with Crippen molar-refractivity contribution >= 4 is 5.69 Å². The number of anilines is 1. The minimum atomic E-state index is -0.255. The van der Waals surface area contributed by atoms with Crippen LogP contribution in [-0.2, 0) is 12.8 Å². The zero-order chi connectivity index (χ0) is 16.8. The molecule has 6 heteroatoms. The smallest absolute Gasteiger partial charge is 0.148 e. The molecule has 24 heavy (non-hydrogen) atoms. The van der Waals surface area contributed by atoms with Crippen molar-refractivity contribution in [2.24, 2.45) is 0 Å². The monoisotopic (exact) mass is 323 g/mol. The van der Waals surface area contributed by atoms with Crippen molar-refractivity contribution in [3.8, 4) is 16.8 Å². The summed E-state index contributed by atoms with van der Waals surface area (Å²) in [6, 6.07) is 3.63. The zero-order valence-electron chi connectivity index (χ0n) is 13.9. The molecule has 1 aliphatic heterocycles. The third-order valence-electron chi connectivity index (χ3n) is 4.57. The standard InChI is InChI=1S/C18H18FN5/c1-10-8-21-9-14(17(10)20-3)13-6-12-4-5-16-23-22-11(2)24(16)18(12)15(19)7-13/h6-9H,4-5H2,1-3H3,(H,20,21). The number of halogens is 1. The van der Waals surface area contributed by atoms with Gasteiger partial charge in [-0.2, -0.15) is 0 Å². The number of nitrogens with zero attached hydrogens (tertiary/aromatic N) is 4. The third kappa shape index (κ3) is 2.10. The van der Waals surface area contributed by atoms with Gasteiger partial charge in [0.25, 0.3) is 0 Å². The molecule has 0 saturated heterocycles. The van der Waals surface area contributed by atoms with Crippen LogP contribution in [-0.4, -0.2) is 26.8 Å². The Kier molecular flexibility index (Phi) is 3.33. The lowest BCUT2D eigenvalue weighted by Crippen LogP contribution is -2.15. The van der Waals surface area contributed by atoms with Gasteiger partial charge < -0.3 is 5.32 Å². The van der Waals surface area contributed by atoms with Crippen LogP contribution in [0.5, 0.6) is 0 Å². The molecule has 0 spiro atoms. The molecule has 0 amide bonds. The van der Waals surface area contributed by atoms with Crippen LogP contribution < -0.4 is 5.32 Å². The van der Waals surface area contributed by atoms with Crippen LogP contribution in [0.25, 0.3) is 16.8 Å². The van der Waals surface area contributed by atoms with Gasteiger partial charge >= 0.3 is 0 Å². The van der Waals surface area contributed by atoms with E-state index < -0.39 is 0 Å². The van der Waals surface area contributed by atoms with Crippen molar-refractivity contribution < 1.29 is 4.39 Å². The van der Waals surface area contributed by atoms with E-state index in [1.165, 1.54) is 0 Å². The Bertz CT molecular complexity index is 945. The maximum absolute atomic E-state index is 15.0. The van der Waals surface area contributed by atoms with Gasteiger partial charge in [-0.1, -0.05) is 0 Å². The highest BCUT2D eigenvalue weighted by Crippen LogP contribution is 2.35. The van der Waals surface area contributed by atoms with Crippen LogP contribution in [0, 0.1) is 19.7 Å². The summed E-state index contributed by atoms with van der Waals surface area (Å²) in [6.45, 7) is 3.84. The molecular formula is C18H18FN5. The molecular weight excluding hydrogens is 305 g/mol. The van der Waals surface area contributed by atoms with Crippen molar-refractivity contribution in [1.29, 1.82) is 0 Å². The second kappa shape index (κ2) is 5.40. The number of aryl methyl sites for hydroxylation is 4. The van der Waals surface area contributed by atoms with Crippen LogP contribution in [0.3, 0.4) is 0 Å². The fourth-order valence-electron chi connectivity index (χ4n) is 3.47. The fraction of sp³-hybridized carbons (Fsp3) is 0.278. The molecule has 2 aromatic heterocycles. The Morgan fingerprint density at radius 1 is 1.12 bits per heavy atom. The van der Waals surface area contributed by atoms with Gasteiger partial charge in [0.2, 0.25) is 0 Å². The van der Waals surface area contributed by atoms with Crippen LogP contribution in [0.4, 0.5) is 10.1 Å². The lowest BCUT2D eigenvalue weighted by molar-refractivity contribution is 0.602. The van der Waals surface area contributed by atoms with E-state index in [4.69, 9.17) is 0 Å². The molecule has 0 saturated carbocycles. The van der Waals surface area contributed by atoms with Gasteiger partial charge in [-0.3, -0.25) is 9.55 Å². The third-order valence-corrected chi connectivity index (χ3v) is 4.57. The highest BCUT2D eigenvalue weighted by atomic mass is 19.1. The number of hydrogen-bond donors (Lipinski definition) is 1. The lowest BCUT2D eigenvalue weighted by Gasteiger charge is -2.21. The zero-order valence-corrected chi connectivity index (χ0v) is 13.9. The minimum absolute atomic E-state index is 0.255. The Hall–Kier alpha value is -2.76. The Morgan fingerprint density at radius 2 is 1.96 bits per heavy atom. The number of nitrogens with one attached hydrogen (secondary N) is 1. The second-order valence-electron chi connectivity index (χ2n) is 6.09. The SMILES string of the molecule is CNc1c(C)cncc1-c1cc(F)c2c(c1)CCc1nnc(C)n1-2. The summed E-state index contributed by atoms with van der Waals surface area (Å²) in [5, 5.41) is 11.4. The minimum Gasteiger partial charge on any atom is -0.387 e. The van der Waals surface area contributed by atoms with Gasteiger partial charge in [0.15, 0.2) is 0 Å². The van der Waals surface area contributed by atoms with Gasteiger partial charge in [0.05, 0.1) is 5.69 Å². The molecule has 3 aromatic rings. The lowest BCUT2D eigenvalue weighted by atomic mass is 9.95. The molecule has 1 N–H and O–H groups in total. The van der Waals surface area contributed by atoms with E-state index in [9.17, 15) is 4.39 Å². The summed E-state index contributed by atoms with van der Waals surface area (Å²) >= 11 is 0. The van der Waals surface area contributed by atoms with Crippen LogP contribution in [0.2, 0.25) is 0 Å². The predicted molar refractivity (Wildman–Crippen MR) is 91.0 cm³/mol. The molecule has 0 fully saturated rings. The van der Waals surface area contributed by atoms with E-state index in [1.54, 1.807) is 18.5 Å². The molecule has 1 aromatic carbocycles. The van der Waals surface area contributed by atoms with Crippen molar-refractivity contribution in [3.05, 3.63) is 53.1 Å². The van der Waals surface area contributed by atoms with Crippen LogP contribution in [0.15, 0.2) is 24.5 Å². The molecule has 3 heterocycles. The van der Waals surface area contributed by atoms with Crippen LogP contribution >= 0.6 is 0 Å². The first-order valence-electron chi connectivity index (χ1n) is 7.96. The number of fused-ring (bicyclic) bond motifs is 3. The average molecular weight is 323 g/mol. The number of benzene rings is 1. The summed E-state index contributed by atoms with van der Waals surface area (Å²) in [7, 11) is 1.87. The molecule has 0 radical (unpaired) electrons. The van der Waals surface area contributed by atoms with Crippen molar-refractivity contribution in [1.82, 2.24) is 19.7 Å². The first-order chi connectivity index (χ1) is 11.6. The van der Waals surface area contributed by atoms with E-state index in [0.717, 1.165) is 46.6 Å². The quantitative estimate of drug-likeness (QED) is 0.787. The Morgan fingerprint density at radius 3 is 2.75 bits per heavy atom. The average Bonchev–Trinajstić information content (AvgIpc) is 2.95. The van der Waals surface area contributed by atoms with E-state index in [0.29, 0.717) is 11.5 Å². The van der Waals surface area contributed by atoms with Crippen LogP contribution in [0.1, 0.15) is 22.8 Å². The molecule has 5 nitrogen and oxygen atoms in total. The number of hydrogen-bond acceptors (Lipinski definition) is 4. The van der Waals surface area contributed by atoms with Gasteiger partial charge in [0, 0.05) is 37.1 Å². The van der Waals surface area contributed by atoms with Crippen molar-refractivity contribution in [3.63, 3.8) is 0 Å². The molecule has 0 aliphatic carbocycles. The first kappa shape index (κ1) is 14.8. The highest BCUT2D eigenvalue weighted by molar-refractivity contribution is 5.80. The molecule has 1 aliphatic rings. The maximum Gasteiger partial charge on any atom is 0.148 e. The molecule has 0 bridgehead atoms. The van der Waals surface area contributed by atoms with E-state index in [1.807, 2.05) is 25.5 Å². The van der Waals surface area contributed by atoms with Crippen molar-refractivity contribution in [2.75, 3.05) is 12.4 Å². The largest absolute Gasteiger partial charge is 0.387 e. The summed E-state index contributed by atoms with van der Waals surface area (Å²) < 4.78 is 16.8. The fourth-order valence-corrected chi connectivity index (χ4v) is 3.47. The van der Waals surface area contributed by atoms with Gasteiger partial charge in [-0.15, -0.1) is 10.2 Å². The molecule has 0 unspecified atom stereocenters. The maximum atomic E-state index is 15.0. The van der Waals surface area contributed by atoms with E-state index in [-0.39, 0.29) is 5.82 Å². The molecule has 4 rings (SSSR count). The predicted octanol–water partition coefficient (Wildman–Crippen LogP) is 3.23. The Labute approximate surface area is 139 Å². The van der Waals surface area contributed by atoms with E-state index >= 15 is 0 Å². The first-order valence-corrected chi connectivity index (χ1v) is 7.96. The van der Waals surface area contributed by atoms with Gasteiger partial charge in [-0.05, 0) is 49.1 Å². The Balaban J connectivity index is 1.93. The number of aromatic nitrogens is 4. The molecule has 0 atom stereocenters. The topological polar surface area (TPSA) is 55.6 Å². The second-order valence-corrected chi connectivity index (χ2v) is 6.09. The number of pyridine rings is 1. The summed E-state index contributed by atoms with van der Waals surface area (Å²) in [5.74, 6) is 1.28. The summed E-state index contributed by atoms with van der Waals surface area (Å²) in [6.07, 6.45) is 5.10. The summed E-state index contributed by atoms with van der Waals surface area (Å²) in [4.78, 5) is 4.27. The normalized spacial score (nSPS) is 12.7. The highest BCUT2D eigenvalue weighted by Gasteiger charge is 2.24. The van der Waals surface area contributed by atoms with Crippen molar-refractivity contribution in [2.45, 2.75) is 26.7 Å². The number of rotatable bonds is 2. The molecule has 122 valence electrons.